The van der Waals surface area contributed by atoms with Gasteiger partial charge in [0.1, 0.15) is 21.4 Å². The number of ether oxygens (including phenoxy) is 4. The van der Waals surface area contributed by atoms with Crippen molar-refractivity contribution < 1.29 is 33.3 Å². The van der Waals surface area contributed by atoms with E-state index >= 15 is 0 Å². The molecule has 1 heterocycles. The number of carbonyl (C=O) groups is 3. The highest BCUT2D eigenvalue weighted by Crippen LogP contribution is 2.34. The lowest BCUT2D eigenvalue weighted by atomic mass is 10.1. The monoisotopic (exact) mass is 523 g/mol. The molecule has 0 aliphatic carbocycles. The average molecular weight is 524 g/mol. The van der Waals surface area contributed by atoms with Crippen molar-refractivity contribution in [1.82, 2.24) is 0 Å². The summed E-state index contributed by atoms with van der Waals surface area (Å²) in [5.41, 5.74) is 2.19. The third-order valence-electron chi connectivity index (χ3n) is 5.37. The Morgan fingerprint density at radius 1 is 0.973 bits per heavy atom. The van der Waals surface area contributed by atoms with Crippen molar-refractivity contribution >= 4 is 40.3 Å². The lowest BCUT2D eigenvalue weighted by Crippen LogP contribution is -2.13. The molecule has 0 unspecified atom stereocenters. The molecule has 0 bridgehead atoms. The number of rotatable bonds is 11. The molecule has 9 heteroatoms. The van der Waals surface area contributed by atoms with E-state index in [4.69, 9.17) is 18.9 Å². The minimum atomic E-state index is -0.631. The zero-order valence-corrected chi connectivity index (χ0v) is 22.0. The quantitative estimate of drug-likeness (QED) is 0.269. The molecule has 0 aliphatic heterocycles. The molecule has 1 aromatic heterocycles. The van der Waals surface area contributed by atoms with Gasteiger partial charge in [-0.15, -0.1) is 11.3 Å². The molecule has 3 aromatic rings. The Morgan fingerprint density at radius 3 is 2.41 bits per heavy atom. The summed E-state index contributed by atoms with van der Waals surface area (Å²) in [5.74, 6) is -0.533. The maximum Gasteiger partial charge on any atom is 0.348 e. The predicted octanol–water partition coefficient (Wildman–Crippen LogP) is 5.30. The largest absolute Gasteiger partial charge is 0.497 e. The molecule has 0 spiro atoms. The number of hydrogen-bond acceptors (Lipinski definition) is 8. The summed E-state index contributed by atoms with van der Waals surface area (Å²) in [4.78, 5) is 38.5. The zero-order chi connectivity index (χ0) is 26.8. The number of hydrogen-bond donors (Lipinski definition) is 1. The number of methoxy groups -OCH3 is 2. The maximum atomic E-state index is 12.8. The SMILES string of the molecule is CCOC(=O)c1c(NC(=O)/C=C/c2cc(OC)ccc2OC)sc(C(=O)OCCc2ccccc2)c1C. The summed E-state index contributed by atoms with van der Waals surface area (Å²) in [6.07, 6.45) is 3.43. The molecule has 1 amide bonds. The molecule has 0 saturated heterocycles. The van der Waals surface area contributed by atoms with E-state index in [1.54, 1.807) is 45.2 Å². The van der Waals surface area contributed by atoms with Crippen molar-refractivity contribution in [3.8, 4) is 11.5 Å². The summed E-state index contributed by atoms with van der Waals surface area (Å²) in [7, 11) is 3.07. The molecule has 0 radical (unpaired) electrons. The molecule has 0 saturated carbocycles. The van der Waals surface area contributed by atoms with Crippen LogP contribution in [0.2, 0.25) is 0 Å². The molecular weight excluding hydrogens is 494 g/mol. The molecule has 2 aromatic carbocycles. The molecule has 1 N–H and O–H groups in total. The molecule has 8 nitrogen and oxygen atoms in total. The number of carbonyl (C=O) groups excluding carboxylic acids is 3. The van der Waals surface area contributed by atoms with Crippen molar-refractivity contribution in [3.63, 3.8) is 0 Å². The van der Waals surface area contributed by atoms with Crippen LogP contribution in [0.15, 0.2) is 54.6 Å². The van der Waals surface area contributed by atoms with E-state index in [1.165, 1.54) is 13.2 Å². The second-order valence-corrected chi connectivity index (χ2v) is 8.80. The third kappa shape index (κ3) is 7.20. The first kappa shape index (κ1) is 27.5. The Hall–Kier alpha value is -4.11. The Bertz CT molecular complexity index is 1280. The van der Waals surface area contributed by atoms with Crippen LogP contribution in [0.5, 0.6) is 11.5 Å². The number of amides is 1. The Morgan fingerprint density at radius 2 is 1.73 bits per heavy atom. The van der Waals surface area contributed by atoms with Gasteiger partial charge in [-0.2, -0.15) is 0 Å². The van der Waals surface area contributed by atoms with Gasteiger partial charge in [0.15, 0.2) is 0 Å². The van der Waals surface area contributed by atoms with Crippen LogP contribution >= 0.6 is 11.3 Å². The first-order valence-corrected chi connectivity index (χ1v) is 12.4. The highest BCUT2D eigenvalue weighted by molar-refractivity contribution is 7.18. The summed E-state index contributed by atoms with van der Waals surface area (Å²) < 4.78 is 21.2. The van der Waals surface area contributed by atoms with Gasteiger partial charge in [-0.25, -0.2) is 9.59 Å². The first-order valence-electron chi connectivity index (χ1n) is 11.6. The highest BCUT2D eigenvalue weighted by Gasteiger charge is 2.27. The number of nitrogens with one attached hydrogen (secondary N) is 1. The average Bonchev–Trinajstić information content (AvgIpc) is 3.23. The lowest BCUT2D eigenvalue weighted by Gasteiger charge is -2.07. The summed E-state index contributed by atoms with van der Waals surface area (Å²) >= 11 is 0.972. The van der Waals surface area contributed by atoms with E-state index in [-0.39, 0.29) is 28.7 Å². The molecule has 0 aliphatic rings. The van der Waals surface area contributed by atoms with Gasteiger partial charge in [0.25, 0.3) is 0 Å². The topological polar surface area (TPSA) is 100 Å². The number of thiophene rings is 1. The maximum absolute atomic E-state index is 12.8. The highest BCUT2D eigenvalue weighted by atomic mass is 32.1. The fourth-order valence-corrected chi connectivity index (χ4v) is 4.60. The fraction of sp³-hybridized carbons (Fsp3) is 0.250. The normalized spacial score (nSPS) is 10.7. The van der Waals surface area contributed by atoms with Crippen LogP contribution < -0.4 is 14.8 Å². The molecule has 37 heavy (non-hydrogen) atoms. The van der Waals surface area contributed by atoms with Gasteiger partial charge in [0, 0.05) is 18.1 Å². The molecular formula is C28H29NO7S. The summed E-state index contributed by atoms with van der Waals surface area (Å²) in [6, 6.07) is 14.9. The van der Waals surface area contributed by atoms with Crippen LogP contribution in [0.1, 0.15) is 43.6 Å². The molecule has 0 atom stereocenters. The summed E-state index contributed by atoms with van der Waals surface area (Å²) in [6.45, 7) is 3.64. The van der Waals surface area contributed by atoms with Crippen LogP contribution in [-0.4, -0.2) is 45.3 Å². The van der Waals surface area contributed by atoms with Gasteiger partial charge >= 0.3 is 11.9 Å². The fourth-order valence-electron chi connectivity index (χ4n) is 3.51. The third-order valence-corrected chi connectivity index (χ3v) is 6.55. The van der Waals surface area contributed by atoms with Crippen LogP contribution in [0.3, 0.4) is 0 Å². The van der Waals surface area contributed by atoms with E-state index < -0.39 is 17.8 Å². The van der Waals surface area contributed by atoms with Gasteiger partial charge in [-0.3, -0.25) is 4.79 Å². The minimum absolute atomic E-state index is 0.127. The van der Waals surface area contributed by atoms with E-state index in [0.29, 0.717) is 29.0 Å². The number of benzene rings is 2. The minimum Gasteiger partial charge on any atom is -0.497 e. The second-order valence-electron chi connectivity index (χ2n) is 7.78. The van der Waals surface area contributed by atoms with Gasteiger partial charge in [0.05, 0.1) is 33.0 Å². The van der Waals surface area contributed by atoms with Crippen molar-refractivity contribution in [1.29, 1.82) is 0 Å². The summed E-state index contributed by atoms with van der Waals surface area (Å²) in [5, 5.41) is 2.90. The smallest absolute Gasteiger partial charge is 0.348 e. The van der Waals surface area contributed by atoms with Crippen molar-refractivity contribution in [2.75, 3.05) is 32.8 Å². The van der Waals surface area contributed by atoms with Crippen LogP contribution in [-0.2, 0) is 20.7 Å². The van der Waals surface area contributed by atoms with Crippen LogP contribution in [0, 0.1) is 6.92 Å². The number of anilines is 1. The Labute approximate surface area is 219 Å². The van der Waals surface area contributed by atoms with E-state index in [9.17, 15) is 14.4 Å². The zero-order valence-electron chi connectivity index (χ0n) is 21.2. The van der Waals surface area contributed by atoms with Gasteiger partial charge in [-0.05, 0) is 49.2 Å². The Kier molecular flexibility index (Phi) is 9.85. The first-order chi connectivity index (χ1) is 17.9. The van der Waals surface area contributed by atoms with Crippen molar-refractivity contribution in [2.45, 2.75) is 20.3 Å². The number of esters is 2. The van der Waals surface area contributed by atoms with Crippen molar-refractivity contribution in [2.24, 2.45) is 0 Å². The van der Waals surface area contributed by atoms with Crippen LogP contribution in [0.25, 0.3) is 6.08 Å². The van der Waals surface area contributed by atoms with Gasteiger partial charge in [0.2, 0.25) is 5.91 Å². The Balaban J connectivity index is 1.79. The van der Waals surface area contributed by atoms with E-state index in [0.717, 1.165) is 16.9 Å². The van der Waals surface area contributed by atoms with Crippen LogP contribution in [0.4, 0.5) is 5.00 Å². The van der Waals surface area contributed by atoms with E-state index in [1.807, 2.05) is 30.3 Å². The van der Waals surface area contributed by atoms with Gasteiger partial charge < -0.3 is 24.3 Å². The van der Waals surface area contributed by atoms with E-state index in [2.05, 4.69) is 5.32 Å². The standard InChI is InChI=1S/C28H29NO7S/c1-5-35-27(31)24-18(2)25(28(32)36-16-15-19-9-7-6-8-10-19)37-26(24)29-23(30)14-11-20-17-21(33-3)12-13-22(20)34-4/h6-14,17H,5,15-16H2,1-4H3,(H,29,30)/b14-11+. The van der Waals surface area contributed by atoms with Crippen molar-refractivity contribution in [3.05, 3.63) is 81.7 Å². The lowest BCUT2D eigenvalue weighted by molar-refractivity contribution is -0.111. The van der Waals surface area contributed by atoms with Gasteiger partial charge in [-0.1, -0.05) is 30.3 Å². The molecule has 194 valence electrons. The molecule has 0 fully saturated rings. The second kappa shape index (κ2) is 13.3. The molecule has 3 rings (SSSR count). The predicted molar refractivity (Wildman–Crippen MR) is 143 cm³/mol.